The molecule has 9 nitrogen and oxygen atoms in total. The maximum Gasteiger partial charge on any atom is 0.302 e. The summed E-state index contributed by atoms with van der Waals surface area (Å²) in [6.45, 7) is 5.21. The molecule has 2 rings (SSSR count). The highest BCUT2D eigenvalue weighted by Gasteiger charge is 2.26. The zero-order valence-corrected chi connectivity index (χ0v) is 19.8. The number of hydrogen-bond acceptors (Lipinski definition) is 7. The first kappa shape index (κ1) is 26.3. The van der Waals surface area contributed by atoms with Crippen LogP contribution in [0.25, 0.3) is 0 Å². The largest absolute Gasteiger partial charge is 0.492 e. The second kappa shape index (κ2) is 12.9. The summed E-state index contributed by atoms with van der Waals surface area (Å²) >= 11 is 0. The summed E-state index contributed by atoms with van der Waals surface area (Å²) in [5, 5.41) is 11.3. The fraction of sp³-hybridized carbons (Fsp3) is 0.625. The van der Waals surface area contributed by atoms with E-state index in [1.807, 2.05) is 4.90 Å². The highest BCUT2D eigenvalue weighted by molar-refractivity contribution is 6.01. The average molecular weight is 463 g/mol. The number of carbonyl (C=O) groups is 3. The third-order valence-corrected chi connectivity index (χ3v) is 5.89. The fourth-order valence-corrected chi connectivity index (χ4v) is 4.24. The molecular weight excluding hydrogens is 428 g/mol. The third kappa shape index (κ3) is 7.83. The molecule has 1 aliphatic rings. The standard InChI is InChI=1S/C24H34N2O7/c1-17-12-13-21(26(30)31)23(18(2)27)24(17)33-15-8-7-11-22(29)25(14-16-32-19(3)28)20-9-5-4-6-10-20/h12-13,20H,4-11,14-16H2,1-3H3. The molecule has 0 bridgehead atoms. The van der Waals surface area contributed by atoms with E-state index in [0.717, 1.165) is 25.7 Å². The van der Waals surface area contributed by atoms with Gasteiger partial charge in [-0.1, -0.05) is 19.3 Å². The van der Waals surface area contributed by atoms with Crippen molar-refractivity contribution in [3.8, 4) is 5.75 Å². The van der Waals surface area contributed by atoms with Crippen LogP contribution in [0.2, 0.25) is 0 Å². The van der Waals surface area contributed by atoms with Gasteiger partial charge in [-0.15, -0.1) is 0 Å². The van der Waals surface area contributed by atoms with Crippen LogP contribution in [0.5, 0.6) is 5.75 Å². The molecule has 0 unspecified atom stereocenters. The number of hydrogen-bond donors (Lipinski definition) is 0. The van der Waals surface area contributed by atoms with Crippen molar-refractivity contribution in [3.63, 3.8) is 0 Å². The molecule has 1 aromatic rings. The number of aryl methyl sites for hydroxylation is 1. The van der Waals surface area contributed by atoms with Crippen molar-refractivity contribution in [3.05, 3.63) is 33.4 Å². The third-order valence-electron chi connectivity index (χ3n) is 5.89. The number of unbranched alkanes of at least 4 members (excludes halogenated alkanes) is 1. The Bertz CT molecular complexity index is 863. The van der Waals surface area contributed by atoms with Crippen LogP contribution in [0.15, 0.2) is 12.1 Å². The first-order valence-electron chi connectivity index (χ1n) is 11.6. The van der Waals surface area contributed by atoms with Gasteiger partial charge < -0.3 is 14.4 Å². The Balaban J connectivity index is 1.91. The predicted molar refractivity (Wildman–Crippen MR) is 122 cm³/mol. The molecule has 0 N–H and O–H groups in total. The van der Waals surface area contributed by atoms with Crippen LogP contribution in [0.4, 0.5) is 5.69 Å². The van der Waals surface area contributed by atoms with Gasteiger partial charge in [-0.3, -0.25) is 24.5 Å². The van der Waals surface area contributed by atoms with Gasteiger partial charge in [-0.05, 0) is 51.2 Å². The molecule has 0 heterocycles. The number of rotatable bonds is 12. The number of Topliss-reactive ketones (excluding diaryl/α,β-unsaturated/α-hetero) is 1. The summed E-state index contributed by atoms with van der Waals surface area (Å²) in [5.74, 6) is -0.519. The first-order chi connectivity index (χ1) is 15.7. The van der Waals surface area contributed by atoms with Crippen LogP contribution in [0.1, 0.15) is 81.1 Å². The van der Waals surface area contributed by atoms with E-state index in [0.29, 0.717) is 31.4 Å². The minimum atomic E-state index is -0.586. The summed E-state index contributed by atoms with van der Waals surface area (Å²) in [6.07, 6.45) is 6.79. The number of nitro benzene ring substituents is 1. The van der Waals surface area contributed by atoms with Gasteiger partial charge in [0.05, 0.1) is 18.1 Å². The molecule has 0 aromatic heterocycles. The van der Waals surface area contributed by atoms with Gasteiger partial charge in [0.1, 0.15) is 17.9 Å². The second-order valence-corrected chi connectivity index (χ2v) is 8.44. The molecule has 182 valence electrons. The molecule has 0 radical (unpaired) electrons. The molecule has 0 saturated heterocycles. The predicted octanol–water partition coefficient (Wildman–Crippen LogP) is 4.38. The number of amides is 1. The van der Waals surface area contributed by atoms with E-state index < -0.39 is 10.7 Å². The lowest BCUT2D eigenvalue weighted by Gasteiger charge is -2.34. The quantitative estimate of drug-likeness (QED) is 0.149. The van der Waals surface area contributed by atoms with Crippen LogP contribution < -0.4 is 4.74 Å². The zero-order chi connectivity index (χ0) is 24.4. The molecular formula is C24H34N2O7. The summed E-state index contributed by atoms with van der Waals surface area (Å²) in [7, 11) is 0. The average Bonchev–Trinajstić information content (AvgIpc) is 2.77. The van der Waals surface area contributed by atoms with Gasteiger partial charge in [-0.2, -0.15) is 0 Å². The van der Waals surface area contributed by atoms with Crippen molar-refractivity contribution in [1.82, 2.24) is 4.90 Å². The number of carbonyl (C=O) groups excluding carboxylic acids is 3. The molecule has 33 heavy (non-hydrogen) atoms. The Morgan fingerprint density at radius 1 is 1.09 bits per heavy atom. The Kier molecular flexibility index (Phi) is 10.3. The number of benzene rings is 1. The monoisotopic (exact) mass is 462 g/mol. The van der Waals surface area contributed by atoms with E-state index in [9.17, 15) is 24.5 Å². The van der Waals surface area contributed by atoms with Crippen LogP contribution in [0.3, 0.4) is 0 Å². The van der Waals surface area contributed by atoms with Gasteiger partial charge in [0, 0.05) is 25.5 Å². The Morgan fingerprint density at radius 3 is 2.39 bits per heavy atom. The molecule has 0 aliphatic heterocycles. The normalized spacial score (nSPS) is 13.9. The minimum absolute atomic E-state index is 0.0231. The molecule has 9 heteroatoms. The van der Waals surface area contributed by atoms with E-state index >= 15 is 0 Å². The molecule has 1 amide bonds. The van der Waals surface area contributed by atoms with E-state index in [1.165, 1.54) is 26.3 Å². The van der Waals surface area contributed by atoms with Crippen molar-refractivity contribution in [2.24, 2.45) is 0 Å². The molecule has 0 spiro atoms. The van der Waals surface area contributed by atoms with Crippen LogP contribution in [-0.2, 0) is 14.3 Å². The summed E-state index contributed by atoms with van der Waals surface area (Å²) in [4.78, 5) is 48.5. The van der Waals surface area contributed by atoms with Gasteiger partial charge in [0.15, 0.2) is 5.78 Å². The Morgan fingerprint density at radius 2 is 1.79 bits per heavy atom. The number of ketones is 1. The van der Waals surface area contributed by atoms with Crippen molar-refractivity contribution in [1.29, 1.82) is 0 Å². The number of nitrogens with zero attached hydrogens (tertiary/aromatic N) is 2. The molecule has 0 atom stereocenters. The van der Waals surface area contributed by atoms with Crippen molar-refractivity contribution >= 4 is 23.3 Å². The van der Waals surface area contributed by atoms with E-state index in [4.69, 9.17) is 9.47 Å². The second-order valence-electron chi connectivity index (χ2n) is 8.44. The van der Waals surface area contributed by atoms with Crippen LogP contribution in [-0.4, -0.2) is 53.3 Å². The first-order valence-corrected chi connectivity index (χ1v) is 11.6. The number of ether oxygens (including phenoxy) is 2. The van der Waals surface area contributed by atoms with E-state index in [-0.39, 0.29) is 48.1 Å². The molecule has 1 aliphatic carbocycles. The summed E-state index contributed by atoms with van der Waals surface area (Å²) in [5.41, 5.74) is 0.357. The van der Waals surface area contributed by atoms with E-state index in [2.05, 4.69) is 0 Å². The topological polar surface area (TPSA) is 116 Å². The van der Waals surface area contributed by atoms with Gasteiger partial charge in [0.2, 0.25) is 5.91 Å². The van der Waals surface area contributed by atoms with Crippen LogP contribution >= 0.6 is 0 Å². The Hall–Kier alpha value is -2.97. The smallest absolute Gasteiger partial charge is 0.302 e. The highest BCUT2D eigenvalue weighted by atomic mass is 16.6. The van der Waals surface area contributed by atoms with Crippen molar-refractivity contribution < 1.29 is 28.8 Å². The zero-order valence-electron chi connectivity index (χ0n) is 19.8. The van der Waals surface area contributed by atoms with Gasteiger partial charge in [0.25, 0.3) is 5.69 Å². The summed E-state index contributed by atoms with van der Waals surface area (Å²) < 4.78 is 10.8. The van der Waals surface area contributed by atoms with Crippen molar-refractivity contribution in [2.45, 2.75) is 78.2 Å². The maximum atomic E-state index is 12.9. The lowest BCUT2D eigenvalue weighted by Crippen LogP contribution is -2.43. The van der Waals surface area contributed by atoms with Gasteiger partial charge >= 0.3 is 5.97 Å². The molecule has 1 fully saturated rings. The number of esters is 1. The highest BCUT2D eigenvalue weighted by Crippen LogP contribution is 2.32. The fourth-order valence-electron chi connectivity index (χ4n) is 4.24. The Labute approximate surface area is 194 Å². The van der Waals surface area contributed by atoms with Crippen molar-refractivity contribution in [2.75, 3.05) is 19.8 Å². The minimum Gasteiger partial charge on any atom is -0.492 e. The molecule has 1 aromatic carbocycles. The van der Waals surface area contributed by atoms with Crippen LogP contribution in [0, 0.1) is 17.0 Å². The lowest BCUT2D eigenvalue weighted by molar-refractivity contribution is -0.385. The number of nitro groups is 1. The maximum absolute atomic E-state index is 12.9. The summed E-state index contributed by atoms with van der Waals surface area (Å²) in [6, 6.07) is 3.06. The SMILES string of the molecule is CC(=O)OCCN(C(=O)CCCCOc1c(C)ccc([N+](=O)[O-])c1C(C)=O)C1CCCCC1. The van der Waals surface area contributed by atoms with Gasteiger partial charge in [-0.25, -0.2) is 0 Å². The molecule has 1 saturated carbocycles. The van der Waals surface area contributed by atoms with E-state index in [1.54, 1.807) is 13.0 Å². The lowest BCUT2D eigenvalue weighted by atomic mass is 9.94.